The van der Waals surface area contributed by atoms with E-state index in [1.165, 1.54) is 0 Å². The Bertz CT molecular complexity index is 459. The highest BCUT2D eigenvalue weighted by atomic mass is 35.5. The molecule has 0 saturated carbocycles. The number of aromatic nitrogens is 1. The van der Waals surface area contributed by atoms with Crippen LogP contribution in [-0.4, -0.2) is 4.98 Å². The Hall–Kier alpha value is -1.10. The van der Waals surface area contributed by atoms with Crippen LogP contribution in [0.3, 0.4) is 0 Å². The van der Waals surface area contributed by atoms with Crippen LogP contribution in [0.5, 0.6) is 5.75 Å². The van der Waals surface area contributed by atoms with Crippen LogP contribution >= 0.6 is 22.9 Å². The molecule has 0 fully saturated rings. The summed E-state index contributed by atoms with van der Waals surface area (Å²) in [5.74, 6) is 0.652. The molecule has 0 unspecified atom stereocenters. The molecule has 0 amide bonds. The minimum absolute atomic E-state index is 0.410. The SMILES string of the molecule is NCc1cccc(Cl)c1OCc1cscn1. The summed E-state index contributed by atoms with van der Waals surface area (Å²) < 4.78 is 5.64. The van der Waals surface area contributed by atoms with Crippen molar-refractivity contribution >= 4 is 22.9 Å². The van der Waals surface area contributed by atoms with Gasteiger partial charge in [0.2, 0.25) is 0 Å². The lowest BCUT2D eigenvalue weighted by molar-refractivity contribution is 0.299. The van der Waals surface area contributed by atoms with E-state index < -0.39 is 0 Å². The first-order valence-electron chi connectivity index (χ1n) is 4.78. The first kappa shape index (κ1) is 11.4. The summed E-state index contributed by atoms with van der Waals surface area (Å²) in [6.07, 6.45) is 0. The third-order valence-corrected chi connectivity index (χ3v) is 3.05. The number of benzene rings is 1. The van der Waals surface area contributed by atoms with E-state index in [4.69, 9.17) is 22.1 Å². The Labute approximate surface area is 103 Å². The first-order valence-corrected chi connectivity index (χ1v) is 6.10. The normalized spacial score (nSPS) is 10.4. The van der Waals surface area contributed by atoms with Crippen LogP contribution in [0, 0.1) is 0 Å². The van der Waals surface area contributed by atoms with Gasteiger partial charge in [-0.3, -0.25) is 0 Å². The quantitative estimate of drug-likeness (QED) is 0.913. The number of halogens is 1. The van der Waals surface area contributed by atoms with Crippen LogP contribution in [0.2, 0.25) is 5.02 Å². The fourth-order valence-electron chi connectivity index (χ4n) is 1.33. The predicted molar refractivity (Wildman–Crippen MR) is 65.8 cm³/mol. The maximum absolute atomic E-state index is 6.05. The summed E-state index contributed by atoms with van der Waals surface area (Å²) in [4.78, 5) is 4.14. The Morgan fingerprint density at radius 3 is 3.00 bits per heavy atom. The maximum atomic E-state index is 6.05. The Balaban J connectivity index is 2.14. The van der Waals surface area contributed by atoms with Gasteiger partial charge in [-0.1, -0.05) is 23.7 Å². The average Bonchev–Trinajstić information content (AvgIpc) is 2.80. The third-order valence-electron chi connectivity index (χ3n) is 2.12. The van der Waals surface area contributed by atoms with Gasteiger partial charge in [0, 0.05) is 17.5 Å². The van der Waals surface area contributed by atoms with E-state index in [1.54, 1.807) is 22.9 Å². The van der Waals surface area contributed by atoms with Crippen molar-refractivity contribution in [3.8, 4) is 5.75 Å². The van der Waals surface area contributed by atoms with Crippen molar-refractivity contribution in [2.75, 3.05) is 0 Å². The van der Waals surface area contributed by atoms with E-state index in [9.17, 15) is 0 Å². The van der Waals surface area contributed by atoms with Crippen molar-refractivity contribution in [1.29, 1.82) is 0 Å². The molecule has 5 heteroatoms. The zero-order valence-electron chi connectivity index (χ0n) is 8.52. The molecule has 16 heavy (non-hydrogen) atoms. The van der Waals surface area contributed by atoms with Gasteiger partial charge in [-0.05, 0) is 6.07 Å². The van der Waals surface area contributed by atoms with E-state index in [2.05, 4.69) is 4.98 Å². The molecule has 0 saturated heterocycles. The number of para-hydroxylation sites is 1. The highest BCUT2D eigenvalue weighted by Crippen LogP contribution is 2.29. The number of nitrogens with zero attached hydrogens (tertiary/aromatic N) is 1. The summed E-state index contributed by atoms with van der Waals surface area (Å²) in [5.41, 5.74) is 9.19. The molecule has 0 aliphatic rings. The molecule has 1 aromatic heterocycles. The number of hydrogen-bond acceptors (Lipinski definition) is 4. The number of rotatable bonds is 4. The summed E-state index contributed by atoms with van der Waals surface area (Å²) in [7, 11) is 0. The van der Waals surface area contributed by atoms with E-state index in [1.807, 2.05) is 17.5 Å². The van der Waals surface area contributed by atoms with Gasteiger partial charge in [-0.2, -0.15) is 0 Å². The maximum Gasteiger partial charge on any atom is 0.142 e. The van der Waals surface area contributed by atoms with E-state index in [0.717, 1.165) is 11.3 Å². The van der Waals surface area contributed by atoms with Crippen LogP contribution in [0.15, 0.2) is 29.1 Å². The Morgan fingerprint density at radius 1 is 1.44 bits per heavy atom. The lowest BCUT2D eigenvalue weighted by Gasteiger charge is -2.10. The molecule has 0 spiro atoms. The van der Waals surface area contributed by atoms with Gasteiger partial charge in [-0.15, -0.1) is 11.3 Å². The van der Waals surface area contributed by atoms with Crippen LogP contribution in [0.4, 0.5) is 0 Å². The molecule has 1 heterocycles. The number of hydrogen-bond donors (Lipinski definition) is 1. The smallest absolute Gasteiger partial charge is 0.142 e. The summed E-state index contributed by atoms with van der Waals surface area (Å²) in [6.45, 7) is 0.827. The fraction of sp³-hybridized carbons (Fsp3) is 0.182. The average molecular weight is 255 g/mol. The third kappa shape index (κ3) is 2.52. The van der Waals surface area contributed by atoms with E-state index in [-0.39, 0.29) is 0 Å². The predicted octanol–water partition coefficient (Wildman–Crippen LogP) is 2.83. The number of nitrogens with two attached hydrogens (primary N) is 1. The Morgan fingerprint density at radius 2 is 2.31 bits per heavy atom. The molecular weight excluding hydrogens is 244 g/mol. The van der Waals surface area contributed by atoms with Crippen molar-refractivity contribution in [2.45, 2.75) is 13.2 Å². The zero-order chi connectivity index (χ0) is 11.4. The van der Waals surface area contributed by atoms with Crippen molar-refractivity contribution in [3.05, 3.63) is 45.4 Å². The molecule has 84 valence electrons. The molecule has 1 aromatic carbocycles. The molecule has 2 rings (SSSR count). The monoisotopic (exact) mass is 254 g/mol. The second kappa shape index (κ2) is 5.30. The van der Waals surface area contributed by atoms with Crippen molar-refractivity contribution < 1.29 is 4.74 Å². The Kier molecular flexibility index (Phi) is 3.77. The minimum atomic E-state index is 0.410. The van der Waals surface area contributed by atoms with Crippen molar-refractivity contribution in [2.24, 2.45) is 5.73 Å². The molecule has 2 N–H and O–H groups in total. The largest absolute Gasteiger partial charge is 0.485 e. The molecule has 2 aromatic rings. The molecule has 0 bridgehead atoms. The molecule has 0 aliphatic heterocycles. The number of ether oxygens (including phenoxy) is 1. The van der Waals surface area contributed by atoms with Gasteiger partial charge in [0.25, 0.3) is 0 Å². The molecular formula is C11H11ClN2OS. The zero-order valence-corrected chi connectivity index (χ0v) is 10.1. The van der Waals surface area contributed by atoms with Gasteiger partial charge >= 0.3 is 0 Å². The molecule has 0 radical (unpaired) electrons. The highest BCUT2D eigenvalue weighted by Gasteiger charge is 2.07. The van der Waals surface area contributed by atoms with Gasteiger partial charge in [0.15, 0.2) is 0 Å². The summed E-state index contributed by atoms with van der Waals surface area (Å²) in [5, 5.41) is 2.53. The van der Waals surface area contributed by atoms with Crippen molar-refractivity contribution in [3.63, 3.8) is 0 Å². The van der Waals surface area contributed by atoms with Crippen molar-refractivity contribution in [1.82, 2.24) is 4.98 Å². The molecule has 3 nitrogen and oxygen atoms in total. The van der Waals surface area contributed by atoms with Gasteiger partial charge in [0.05, 0.1) is 16.2 Å². The lowest BCUT2D eigenvalue weighted by atomic mass is 10.2. The summed E-state index contributed by atoms with van der Waals surface area (Å²) >= 11 is 7.59. The summed E-state index contributed by atoms with van der Waals surface area (Å²) in [6, 6.07) is 5.56. The standard InChI is InChI=1S/C11H11ClN2OS/c12-10-3-1-2-8(4-13)11(10)15-5-9-6-16-7-14-9/h1-3,6-7H,4-5,13H2. The van der Waals surface area contributed by atoms with Crippen LogP contribution in [-0.2, 0) is 13.2 Å². The van der Waals surface area contributed by atoms with E-state index >= 15 is 0 Å². The highest BCUT2D eigenvalue weighted by molar-refractivity contribution is 7.07. The minimum Gasteiger partial charge on any atom is -0.485 e. The van der Waals surface area contributed by atoms with Crippen LogP contribution in [0.25, 0.3) is 0 Å². The van der Waals surface area contributed by atoms with E-state index in [0.29, 0.717) is 23.9 Å². The van der Waals surface area contributed by atoms with Crippen LogP contribution < -0.4 is 10.5 Å². The van der Waals surface area contributed by atoms with Gasteiger partial charge < -0.3 is 10.5 Å². The molecule has 0 atom stereocenters. The second-order valence-corrected chi connectivity index (χ2v) is 4.33. The molecule has 0 aliphatic carbocycles. The van der Waals surface area contributed by atoms with Gasteiger partial charge in [-0.25, -0.2) is 4.98 Å². The fourth-order valence-corrected chi connectivity index (χ4v) is 2.12. The first-order chi connectivity index (χ1) is 7.81. The topological polar surface area (TPSA) is 48.1 Å². The second-order valence-electron chi connectivity index (χ2n) is 3.20. The lowest BCUT2D eigenvalue weighted by Crippen LogP contribution is -2.03. The van der Waals surface area contributed by atoms with Crippen LogP contribution in [0.1, 0.15) is 11.3 Å². The number of thiazole rings is 1. The van der Waals surface area contributed by atoms with Gasteiger partial charge in [0.1, 0.15) is 12.4 Å².